The maximum absolute atomic E-state index is 12.2. The molecule has 3 heterocycles. The Balaban J connectivity index is 1.77. The Morgan fingerprint density at radius 2 is 2.33 bits per heavy atom. The van der Waals surface area contributed by atoms with E-state index in [1.54, 1.807) is 10.9 Å². The average Bonchev–Trinajstić information content (AvgIpc) is 2.74. The van der Waals surface area contributed by atoms with E-state index in [2.05, 4.69) is 20.7 Å². The molecule has 1 fully saturated rings. The van der Waals surface area contributed by atoms with Crippen LogP contribution in [0.2, 0.25) is 0 Å². The lowest BCUT2D eigenvalue weighted by Gasteiger charge is -2.21. The molecular formula is C14H17N5O2. The standard InChI is InChI=1S/C14H17N5O2/c1-8-11-5-10(7-16-13(11)19(2)18-8)17-14(21)9-3-4-12(20)15-6-9/h5,7,9H,3-4,6H2,1-2H3,(H,15,20)(H,17,21). The molecule has 1 unspecified atom stereocenters. The van der Waals surface area contributed by atoms with Gasteiger partial charge < -0.3 is 10.6 Å². The number of fused-ring (bicyclic) bond motifs is 1. The number of carbonyl (C=O) groups is 2. The Bertz CT molecular complexity index is 711. The van der Waals surface area contributed by atoms with Crippen molar-refractivity contribution in [2.24, 2.45) is 13.0 Å². The Hall–Kier alpha value is -2.44. The number of piperidine rings is 1. The van der Waals surface area contributed by atoms with E-state index in [-0.39, 0.29) is 17.7 Å². The highest BCUT2D eigenvalue weighted by molar-refractivity contribution is 5.95. The summed E-state index contributed by atoms with van der Waals surface area (Å²) in [7, 11) is 1.84. The molecular weight excluding hydrogens is 270 g/mol. The van der Waals surface area contributed by atoms with Crippen molar-refractivity contribution in [3.05, 3.63) is 18.0 Å². The van der Waals surface area contributed by atoms with Crippen LogP contribution in [0.15, 0.2) is 12.3 Å². The molecule has 0 aliphatic carbocycles. The molecule has 7 heteroatoms. The van der Waals surface area contributed by atoms with Crippen LogP contribution < -0.4 is 10.6 Å². The number of carbonyl (C=O) groups excluding carboxylic acids is 2. The number of rotatable bonds is 2. The van der Waals surface area contributed by atoms with E-state index >= 15 is 0 Å². The van der Waals surface area contributed by atoms with Crippen LogP contribution in [0, 0.1) is 12.8 Å². The predicted octanol–water partition coefficient (Wildman–Crippen LogP) is 0.741. The first-order valence-corrected chi connectivity index (χ1v) is 6.91. The monoisotopic (exact) mass is 287 g/mol. The third kappa shape index (κ3) is 2.58. The van der Waals surface area contributed by atoms with Gasteiger partial charge in [-0.25, -0.2) is 4.98 Å². The highest BCUT2D eigenvalue weighted by atomic mass is 16.2. The van der Waals surface area contributed by atoms with Crippen LogP contribution >= 0.6 is 0 Å². The number of nitrogens with one attached hydrogen (secondary N) is 2. The van der Waals surface area contributed by atoms with Crippen LogP contribution in [0.4, 0.5) is 5.69 Å². The Morgan fingerprint density at radius 1 is 1.52 bits per heavy atom. The Labute approximate surface area is 121 Å². The van der Waals surface area contributed by atoms with Gasteiger partial charge in [0.15, 0.2) is 5.65 Å². The number of anilines is 1. The van der Waals surface area contributed by atoms with E-state index in [4.69, 9.17) is 0 Å². The number of nitrogens with zero attached hydrogens (tertiary/aromatic N) is 3. The number of pyridine rings is 1. The van der Waals surface area contributed by atoms with Crippen LogP contribution in [0.1, 0.15) is 18.5 Å². The fourth-order valence-corrected chi connectivity index (χ4v) is 2.58. The van der Waals surface area contributed by atoms with E-state index < -0.39 is 0 Å². The zero-order chi connectivity index (χ0) is 15.0. The Kier molecular flexibility index (Phi) is 3.32. The van der Waals surface area contributed by atoms with Crippen LogP contribution in [0.25, 0.3) is 11.0 Å². The van der Waals surface area contributed by atoms with Crippen molar-refractivity contribution in [1.82, 2.24) is 20.1 Å². The van der Waals surface area contributed by atoms with Gasteiger partial charge in [-0.2, -0.15) is 5.10 Å². The zero-order valence-corrected chi connectivity index (χ0v) is 12.0. The molecule has 2 N–H and O–H groups in total. The number of aromatic nitrogens is 3. The molecule has 0 bridgehead atoms. The summed E-state index contributed by atoms with van der Waals surface area (Å²) in [5, 5.41) is 10.8. The van der Waals surface area contributed by atoms with E-state index in [0.717, 1.165) is 16.7 Å². The molecule has 1 aliphatic rings. The summed E-state index contributed by atoms with van der Waals surface area (Å²) in [4.78, 5) is 27.6. The first kappa shape index (κ1) is 13.5. The summed E-state index contributed by atoms with van der Waals surface area (Å²) in [6.45, 7) is 2.30. The fraction of sp³-hybridized carbons (Fsp3) is 0.429. The highest BCUT2D eigenvalue weighted by Crippen LogP contribution is 2.20. The molecule has 1 aliphatic heterocycles. The van der Waals surface area contributed by atoms with Crippen LogP contribution in [-0.4, -0.2) is 33.1 Å². The molecule has 1 saturated heterocycles. The largest absolute Gasteiger partial charge is 0.355 e. The number of amides is 2. The van der Waals surface area contributed by atoms with Gasteiger partial charge in [-0.1, -0.05) is 0 Å². The molecule has 110 valence electrons. The Morgan fingerprint density at radius 3 is 3.05 bits per heavy atom. The predicted molar refractivity (Wildman–Crippen MR) is 77.6 cm³/mol. The van der Waals surface area contributed by atoms with E-state index in [1.165, 1.54) is 0 Å². The maximum Gasteiger partial charge on any atom is 0.229 e. The second-order valence-corrected chi connectivity index (χ2v) is 5.33. The van der Waals surface area contributed by atoms with Crippen LogP contribution in [-0.2, 0) is 16.6 Å². The van der Waals surface area contributed by atoms with Crippen molar-refractivity contribution < 1.29 is 9.59 Å². The molecule has 2 amide bonds. The van der Waals surface area contributed by atoms with Gasteiger partial charge in [0.2, 0.25) is 11.8 Å². The maximum atomic E-state index is 12.2. The fourth-order valence-electron chi connectivity index (χ4n) is 2.58. The molecule has 0 saturated carbocycles. The van der Waals surface area contributed by atoms with Gasteiger partial charge in [0.25, 0.3) is 0 Å². The first-order chi connectivity index (χ1) is 10.0. The summed E-state index contributed by atoms with van der Waals surface area (Å²) in [5.41, 5.74) is 2.32. The number of hydrogen-bond acceptors (Lipinski definition) is 4. The number of hydrogen-bond donors (Lipinski definition) is 2. The lowest BCUT2D eigenvalue weighted by Crippen LogP contribution is -2.40. The summed E-state index contributed by atoms with van der Waals surface area (Å²) in [6.07, 6.45) is 2.61. The molecule has 0 aromatic carbocycles. The first-order valence-electron chi connectivity index (χ1n) is 6.91. The molecule has 3 rings (SSSR count). The average molecular weight is 287 g/mol. The van der Waals surface area contributed by atoms with Gasteiger partial charge in [0.05, 0.1) is 23.5 Å². The van der Waals surface area contributed by atoms with Gasteiger partial charge in [-0.05, 0) is 19.4 Å². The summed E-state index contributed by atoms with van der Waals surface area (Å²) in [6, 6.07) is 1.88. The minimum absolute atomic E-state index is 0.00752. The van der Waals surface area contributed by atoms with Crippen molar-refractivity contribution in [3.63, 3.8) is 0 Å². The second-order valence-electron chi connectivity index (χ2n) is 5.33. The summed E-state index contributed by atoms with van der Waals surface area (Å²) >= 11 is 0. The molecule has 0 radical (unpaired) electrons. The third-order valence-electron chi connectivity index (χ3n) is 3.77. The second kappa shape index (κ2) is 5.16. The minimum atomic E-state index is -0.187. The van der Waals surface area contributed by atoms with Crippen molar-refractivity contribution in [2.45, 2.75) is 19.8 Å². The molecule has 2 aromatic rings. The van der Waals surface area contributed by atoms with Gasteiger partial charge in [-0.15, -0.1) is 0 Å². The minimum Gasteiger partial charge on any atom is -0.355 e. The van der Waals surface area contributed by atoms with Gasteiger partial charge in [0, 0.05) is 25.4 Å². The normalized spacial score (nSPS) is 18.6. The van der Waals surface area contributed by atoms with Gasteiger partial charge in [0.1, 0.15) is 0 Å². The zero-order valence-electron chi connectivity index (χ0n) is 12.0. The molecule has 21 heavy (non-hydrogen) atoms. The van der Waals surface area contributed by atoms with Crippen LogP contribution in [0.3, 0.4) is 0 Å². The lowest BCUT2D eigenvalue weighted by molar-refractivity contribution is -0.126. The SMILES string of the molecule is Cc1nn(C)c2ncc(NC(=O)C3CCC(=O)NC3)cc12. The smallest absolute Gasteiger partial charge is 0.229 e. The molecule has 0 spiro atoms. The van der Waals surface area contributed by atoms with E-state index in [0.29, 0.717) is 25.1 Å². The van der Waals surface area contributed by atoms with Crippen molar-refractivity contribution in [2.75, 3.05) is 11.9 Å². The molecule has 7 nitrogen and oxygen atoms in total. The summed E-state index contributed by atoms with van der Waals surface area (Å²) in [5.74, 6) is -0.265. The van der Waals surface area contributed by atoms with Crippen molar-refractivity contribution in [1.29, 1.82) is 0 Å². The van der Waals surface area contributed by atoms with E-state index in [9.17, 15) is 9.59 Å². The topological polar surface area (TPSA) is 88.9 Å². The van der Waals surface area contributed by atoms with Gasteiger partial charge >= 0.3 is 0 Å². The van der Waals surface area contributed by atoms with Crippen molar-refractivity contribution >= 4 is 28.5 Å². The lowest BCUT2D eigenvalue weighted by atomic mass is 9.98. The summed E-state index contributed by atoms with van der Waals surface area (Å²) < 4.78 is 1.72. The van der Waals surface area contributed by atoms with Crippen LogP contribution in [0.5, 0.6) is 0 Å². The van der Waals surface area contributed by atoms with Gasteiger partial charge in [-0.3, -0.25) is 14.3 Å². The molecule has 2 aromatic heterocycles. The third-order valence-corrected chi connectivity index (χ3v) is 3.77. The highest BCUT2D eigenvalue weighted by Gasteiger charge is 2.24. The number of aryl methyl sites for hydroxylation is 2. The molecule has 1 atom stereocenters. The van der Waals surface area contributed by atoms with Crippen molar-refractivity contribution in [3.8, 4) is 0 Å². The van der Waals surface area contributed by atoms with E-state index in [1.807, 2.05) is 20.0 Å². The quantitative estimate of drug-likeness (QED) is 0.852.